The number of aromatic nitrogens is 1. The molecule has 1 fully saturated rings. The van der Waals surface area contributed by atoms with Crippen LogP contribution in [0.25, 0.3) is 0 Å². The monoisotopic (exact) mass is 319 g/mol. The summed E-state index contributed by atoms with van der Waals surface area (Å²) < 4.78 is 0.900. The van der Waals surface area contributed by atoms with Crippen molar-refractivity contribution in [3.63, 3.8) is 0 Å². The van der Waals surface area contributed by atoms with Gasteiger partial charge in [0.2, 0.25) is 0 Å². The van der Waals surface area contributed by atoms with Crippen molar-refractivity contribution in [1.29, 1.82) is 0 Å². The molecule has 0 bridgehead atoms. The van der Waals surface area contributed by atoms with Gasteiger partial charge in [-0.1, -0.05) is 0 Å². The molecule has 2 rings (SSSR count). The summed E-state index contributed by atoms with van der Waals surface area (Å²) in [5.74, 6) is 0. The van der Waals surface area contributed by atoms with Crippen LogP contribution in [0.4, 0.5) is 0 Å². The van der Waals surface area contributed by atoms with Gasteiger partial charge in [-0.25, -0.2) is 4.98 Å². The zero-order chi connectivity index (χ0) is 11.4. The molecule has 0 radical (unpaired) electrons. The fraction of sp³-hybridized carbons (Fsp3) is 0.583. The quantitative estimate of drug-likeness (QED) is 0.842. The number of hydrogen-bond donors (Lipinski definition) is 2. The Balaban J connectivity index is 0.00000144. The fourth-order valence-corrected chi connectivity index (χ4v) is 2.55. The summed E-state index contributed by atoms with van der Waals surface area (Å²) in [5, 5.41) is 3.58. The Morgan fingerprint density at radius 3 is 2.71 bits per heavy atom. The molecule has 1 saturated carbocycles. The van der Waals surface area contributed by atoms with E-state index in [9.17, 15) is 0 Å². The molecule has 1 aliphatic rings. The topological polar surface area (TPSA) is 50.9 Å². The SMILES string of the molecule is Cl.NC1CCC(NCc2ccnc(Br)c2)CC1. The predicted octanol–water partition coefficient (Wildman–Crippen LogP) is 2.63. The van der Waals surface area contributed by atoms with Gasteiger partial charge < -0.3 is 11.1 Å². The second-order valence-corrected chi connectivity index (χ2v) is 5.29. The average Bonchev–Trinajstić information content (AvgIpc) is 2.28. The van der Waals surface area contributed by atoms with Gasteiger partial charge in [0.25, 0.3) is 0 Å². The van der Waals surface area contributed by atoms with Gasteiger partial charge in [-0.15, -0.1) is 12.4 Å². The Morgan fingerprint density at radius 2 is 2.06 bits per heavy atom. The van der Waals surface area contributed by atoms with Crippen LogP contribution in [0.1, 0.15) is 31.2 Å². The molecule has 0 unspecified atom stereocenters. The molecule has 0 aliphatic heterocycles. The molecule has 3 N–H and O–H groups in total. The summed E-state index contributed by atoms with van der Waals surface area (Å²) in [7, 11) is 0. The van der Waals surface area contributed by atoms with Gasteiger partial charge in [-0.2, -0.15) is 0 Å². The van der Waals surface area contributed by atoms with Crippen LogP contribution < -0.4 is 11.1 Å². The summed E-state index contributed by atoms with van der Waals surface area (Å²) in [4.78, 5) is 4.12. The highest BCUT2D eigenvalue weighted by molar-refractivity contribution is 9.10. The standard InChI is InChI=1S/C12H18BrN3.ClH/c13-12-7-9(5-6-15-12)8-16-11-3-1-10(14)2-4-11;/h5-7,10-11,16H,1-4,8,14H2;1H. The van der Waals surface area contributed by atoms with E-state index in [1.165, 1.54) is 18.4 Å². The lowest BCUT2D eigenvalue weighted by atomic mass is 9.92. The zero-order valence-electron chi connectivity index (χ0n) is 9.73. The summed E-state index contributed by atoms with van der Waals surface area (Å²) in [5.41, 5.74) is 7.16. The zero-order valence-corrected chi connectivity index (χ0v) is 12.1. The normalized spacial score (nSPS) is 24.1. The van der Waals surface area contributed by atoms with Crippen LogP contribution in [0.2, 0.25) is 0 Å². The van der Waals surface area contributed by atoms with E-state index in [0.29, 0.717) is 12.1 Å². The van der Waals surface area contributed by atoms with Crippen LogP contribution in [0.3, 0.4) is 0 Å². The number of nitrogens with zero attached hydrogens (tertiary/aromatic N) is 1. The first-order chi connectivity index (χ1) is 7.74. The first-order valence-electron chi connectivity index (χ1n) is 5.83. The first kappa shape index (κ1) is 14.9. The fourth-order valence-electron chi connectivity index (χ4n) is 2.14. The van der Waals surface area contributed by atoms with Crippen molar-refractivity contribution >= 4 is 28.3 Å². The number of pyridine rings is 1. The molecule has 0 spiro atoms. The molecule has 1 aromatic heterocycles. The molecule has 1 heterocycles. The summed E-state index contributed by atoms with van der Waals surface area (Å²) in [6.07, 6.45) is 6.54. The molecule has 1 aliphatic carbocycles. The molecule has 0 amide bonds. The van der Waals surface area contributed by atoms with Gasteiger partial charge in [0.1, 0.15) is 4.60 Å². The highest BCUT2D eigenvalue weighted by Gasteiger charge is 2.17. The third-order valence-corrected chi connectivity index (χ3v) is 3.59. The Bertz CT molecular complexity index is 340. The highest BCUT2D eigenvalue weighted by atomic mass is 79.9. The maximum atomic E-state index is 5.88. The predicted molar refractivity (Wildman–Crippen MR) is 76.3 cm³/mol. The Hall–Kier alpha value is -0.160. The van der Waals surface area contributed by atoms with Crippen LogP contribution in [0.15, 0.2) is 22.9 Å². The van der Waals surface area contributed by atoms with Crippen LogP contribution in [-0.4, -0.2) is 17.1 Å². The maximum absolute atomic E-state index is 5.88. The molecule has 3 nitrogen and oxygen atoms in total. The lowest BCUT2D eigenvalue weighted by Gasteiger charge is -2.26. The van der Waals surface area contributed by atoms with Gasteiger partial charge in [0.05, 0.1) is 0 Å². The van der Waals surface area contributed by atoms with E-state index in [1.807, 2.05) is 12.3 Å². The molecule has 5 heteroatoms. The van der Waals surface area contributed by atoms with Crippen molar-refractivity contribution in [3.8, 4) is 0 Å². The van der Waals surface area contributed by atoms with E-state index < -0.39 is 0 Å². The van der Waals surface area contributed by atoms with E-state index in [0.717, 1.165) is 24.0 Å². The van der Waals surface area contributed by atoms with Crippen molar-refractivity contribution in [3.05, 3.63) is 28.5 Å². The first-order valence-corrected chi connectivity index (χ1v) is 6.63. The molecule has 96 valence electrons. The number of hydrogen-bond acceptors (Lipinski definition) is 3. The molecule has 0 aromatic carbocycles. The van der Waals surface area contributed by atoms with Crippen LogP contribution in [0, 0.1) is 0 Å². The van der Waals surface area contributed by atoms with Crippen molar-refractivity contribution in [2.24, 2.45) is 5.73 Å². The summed E-state index contributed by atoms with van der Waals surface area (Å²) >= 11 is 3.38. The lowest BCUT2D eigenvalue weighted by Crippen LogP contribution is -2.37. The summed E-state index contributed by atoms with van der Waals surface area (Å²) in [6, 6.07) is 5.16. The number of halogens is 2. The minimum absolute atomic E-state index is 0. The van der Waals surface area contributed by atoms with Crippen molar-refractivity contribution < 1.29 is 0 Å². The minimum atomic E-state index is 0. The van der Waals surface area contributed by atoms with E-state index in [4.69, 9.17) is 5.73 Å². The van der Waals surface area contributed by atoms with Crippen molar-refractivity contribution in [2.45, 2.75) is 44.3 Å². The van der Waals surface area contributed by atoms with Crippen LogP contribution in [0.5, 0.6) is 0 Å². The number of nitrogens with one attached hydrogen (secondary N) is 1. The third-order valence-electron chi connectivity index (χ3n) is 3.16. The minimum Gasteiger partial charge on any atom is -0.328 e. The second kappa shape index (κ2) is 7.31. The largest absolute Gasteiger partial charge is 0.328 e. The highest BCUT2D eigenvalue weighted by Crippen LogP contribution is 2.17. The third kappa shape index (κ3) is 4.92. The summed E-state index contributed by atoms with van der Waals surface area (Å²) in [6.45, 7) is 0.918. The van der Waals surface area contributed by atoms with Gasteiger partial charge in [-0.3, -0.25) is 0 Å². The number of nitrogens with two attached hydrogens (primary N) is 1. The molecule has 17 heavy (non-hydrogen) atoms. The molecule has 0 atom stereocenters. The van der Waals surface area contributed by atoms with Gasteiger partial charge in [0.15, 0.2) is 0 Å². The molecule has 0 saturated heterocycles. The Kier molecular flexibility index (Phi) is 6.41. The molecular weight excluding hydrogens is 302 g/mol. The molecular formula is C12H19BrClN3. The maximum Gasteiger partial charge on any atom is 0.106 e. The van der Waals surface area contributed by atoms with E-state index >= 15 is 0 Å². The van der Waals surface area contributed by atoms with Crippen molar-refractivity contribution in [1.82, 2.24) is 10.3 Å². The van der Waals surface area contributed by atoms with Gasteiger partial charge in [-0.05, 0) is 59.3 Å². The van der Waals surface area contributed by atoms with Gasteiger partial charge in [0, 0.05) is 24.8 Å². The number of rotatable bonds is 3. The Morgan fingerprint density at radius 1 is 1.35 bits per heavy atom. The van der Waals surface area contributed by atoms with E-state index in [-0.39, 0.29) is 12.4 Å². The second-order valence-electron chi connectivity index (χ2n) is 4.48. The average molecular weight is 321 g/mol. The Labute approximate surface area is 117 Å². The van der Waals surface area contributed by atoms with Gasteiger partial charge >= 0.3 is 0 Å². The van der Waals surface area contributed by atoms with Crippen LogP contribution in [-0.2, 0) is 6.54 Å². The smallest absolute Gasteiger partial charge is 0.106 e. The molecule has 1 aromatic rings. The van der Waals surface area contributed by atoms with E-state index in [1.54, 1.807) is 0 Å². The van der Waals surface area contributed by atoms with E-state index in [2.05, 4.69) is 32.3 Å². The lowest BCUT2D eigenvalue weighted by molar-refractivity contribution is 0.342. The van der Waals surface area contributed by atoms with Crippen LogP contribution >= 0.6 is 28.3 Å². The van der Waals surface area contributed by atoms with Crippen molar-refractivity contribution in [2.75, 3.05) is 0 Å².